The van der Waals surface area contributed by atoms with Gasteiger partial charge in [0.05, 0.1) is 16.7 Å². The predicted octanol–water partition coefficient (Wildman–Crippen LogP) is 4.46. The largest absolute Gasteiger partial charge is 0.454 e. The van der Waals surface area contributed by atoms with Crippen LogP contribution in [0.25, 0.3) is 0 Å². The van der Waals surface area contributed by atoms with Crippen LogP contribution in [-0.2, 0) is 0 Å². The second-order valence-electron chi connectivity index (χ2n) is 3.98. The van der Waals surface area contributed by atoms with Crippen molar-refractivity contribution >= 4 is 11.6 Å². The van der Waals surface area contributed by atoms with Gasteiger partial charge >= 0.3 is 0 Å². The number of halogens is 3. The smallest absolute Gasteiger partial charge is 0.184 e. The quantitative estimate of drug-likeness (QED) is 0.901. The standard InChI is InChI=1S/C14H11ClF2O2/c1-8(18)13-10(16)5-3-6-11(13)19-12-7-2-4-9(15)14(12)17/h2-8,18H,1H3/t8-/m0/s1. The van der Waals surface area contributed by atoms with E-state index in [0.29, 0.717) is 0 Å². The lowest BCUT2D eigenvalue weighted by atomic mass is 10.1. The second-order valence-corrected chi connectivity index (χ2v) is 4.39. The molecule has 0 bridgehead atoms. The highest BCUT2D eigenvalue weighted by Gasteiger charge is 2.17. The summed E-state index contributed by atoms with van der Waals surface area (Å²) in [4.78, 5) is 0. The molecule has 5 heteroatoms. The van der Waals surface area contributed by atoms with Crippen molar-refractivity contribution in [1.82, 2.24) is 0 Å². The monoisotopic (exact) mass is 284 g/mol. The fourth-order valence-corrected chi connectivity index (χ4v) is 1.86. The van der Waals surface area contributed by atoms with Crippen LogP contribution in [0.3, 0.4) is 0 Å². The Morgan fingerprint density at radius 2 is 1.74 bits per heavy atom. The van der Waals surface area contributed by atoms with E-state index in [1.165, 1.54) is 43.3 Å². The minimum absolute atomic E-state index is 0.0260. The van der Waals surface area contributed by atoms with Crippen LogP contribution in [0, 0.1) is 11.6 Å². The van der Waals surface area contributed by atoms with E-state index in [4.69, 9.17) is 16.3 Å². The van der Waals surface area contributed by atoms with Gasteiger partial charge in [0.1, 0.15) is 11.6 Å². The van der Waals surface area contributed by atoms with E-state index in [1.807, 2.05) is 0 Å². The van der Waals surface area contributed by atoms with Crippen LogP contribution in [0.1, 0.15) is 18.6 Å². The van der Waals surface area contributed by atoms with Crippen molar-refractivity contribution < 1.29 is 18.6 Å². The zero-order valence-corrected chi connectivity index (χ0v) is 10.8. The van der Waals surface area contributed by atoms with Gasteiger partial charge in [0.2, 0.25) is 0 Å². The van der Waals surface area contributed by atoms with Crippen LogP contribution in [-0.4, -0.2) is 5.11 Å². The van der Waals surface area contributed by atoms with Gasteiger partial charge in [-0.15, -0.1) is 0 Å². The molecule has 0 saturated heterocycles. The van der Waals surface area contributed by atoms with Crippen LogP contribution in [0.5, 0.6) is 11.5 Å². The molecule has 0 aliphatic rings. The summed E-state index contributed by atoms with van der Waals surface area (Å²) in [6.07, 6.45) is -1.07. The van der Waals surface area contributed by atoms with E-state index in [2.05, 4.69) is 0 Å². The van der Waals surface area contributed by atoms with Crippen LogP contribution in [0.4, 0.5) is 8.78 Å². The van der Waals surface area contributed by atoms with E-state index in [1.54, 1.807) is 0 Å². The topological polar surface area (TPSA) is 29.5 Å². The van der Waals surface area contributed by atoms with Gasteiger partial charge in [-0.3, -0.25) is 0 Å². The average Bonchev–Trinajstić information content (AvgIpc) is 2.34. The maximum atomic E-state index is 13.7. The first kappa shape index (κ1) is 13.8. The molecule has 1 atom stereocenters. The number of benzene rings is 2. The molecule has 1 N–H and O–H groups in total. The lowest BCUT2D eigenvalue weighted by Gasteiger charge is -2.14. The third-order valence-corrected chi connectivity index (χ3v) is 2.86. The Morgan fingerprint density at radius 3 is 2.42 bits per heavy atom. The summed E-state index contributed by atoms with van der Waals surface area (Å²) in [6.45, 7) is 1.40. The molecule has 0 aromatic heterocycles. The van der Waals surface area contributed by atoms with E-state index < -0.39 is 17.7 Å². The van der Waals surface area contributed by atoms with Gasteiger partial charge in [0.25, 0.3) is 0 Å². The minimum Gasteiger partial charge on any atom is -0.454 e. The van der Waals surface area contributed by atoms with Crippen molar-refractivity contribution in [2.24, 2.45) is 0 Å². The molecule has 2 aromatic rings. The van der Waals surface area contributed by atoms with Crippen molar-refractivity contribution in [1.29, 1.82) is 0 Å². The molecule has 0 aliphatic carbocycles. The van der Waals surface area contributed by atoms with Crippen molar-refractivity contribution in [3.63, 3.8) is 0 Å². The molecular weight excluding hydrogens is 274 g/mol. The van der Waals surface area contributed by atoms with Gasteiger partial charge in [0, 0.05) is 0 Å². The highest BCUT2D eigenvalue weighted by atomic mass is 35.5. The molecule has 0 fully saturated rings. The maximum Gasteiger partial charge on any atom is 0.184 e. The maximum absolute atomic E-state index is 13.7. The highest BCUT2D eigenvalue weighted by molar-refractivity contribution is 6.30. The molecule has 0 aliphatic heterocycles. The highest BCUT2D eigenvalue weighted by Crippen LogP contribution is 2.34. The third kappa shape index (κ3) is 2.85. The van der Waals surface area contributed by atoms with Gasteiger partial charge in [-0.25, -0.2) is 8.78 Å². The lowest BCUT2D eigenvalue weighted by Crippen LogP contribution is -2.00. The molecule has 0 saturated carbocycles. The molecule has 19 heavy (non-hydrogen) atoms. The van der Waals surface area contributed by atoms with Crippen LogP contribution in [0.15, 0.2) is 36.4 Å². The van der Waals surface area contributed by atoms with Crippen molar-refractivity contribution in [3.8, 4) is 11.5 Å². The summed E-state index contributed by atoms with van der Waals surface area (Å²) in [5, 5.41) is 9.46. The van der Waals surface area contributed by atoms with Crippen molar-refractivity contribution in [2.45, 2.75) is 13.0 Å². The molecule has 0 spiro atoms. The Hall–Kier alpha value is -1.65. The summed E-state index contributed by atoms with van der Waals surface area (Å²) >= 11 is 5.64. The van der Waals surface area contributed by atoms with Gasteiger partial charge in [-0.2, -0.15) is 0 Å². The van der Waals surface area contributed by atoms with Crippen LogP contribution in [0.2, 0.25) is 5.02 Å². The summed E-state index contributed by atoms with van der Waals surface area (Å²) < 4.78 is 32.6. The number of aliphatic hydroxyl groups excluding tert-OH is 1. The molecule has 100 valence electrons. The lowest BCUT2D eigenvalue weighted by molar-refractivity contribution is 0.190. The Bertz CT molecular complexity index is 600. The predicted molar refractivity (Wildman–Crippen MR) is 68.5 cm³/mol. The summed E-state index contributed by atoms with van der Waals surface area (Å²) in [5.41, 5.74) is -0.0260. The Labute approximate surface area is 114 Å². The molecule has 0 heterocycles. The third-order valence-electron chi connectivity index (χ3n) is 2.57. The fourth-order valence-electron chi connectivity index (χ4n) is 1.69. The zero-order chi connectivity index (χ0) is 14.0. The van der Waals surface area contributed by atoms with Crippen LogP contribution >= 0.6 is 11.6 Å². The van der Waals surface area contributed by atoms with E-state index in [-0.39, 0.29) is 22.1 Å². The number of hydrogen-bond donors (Lipinski definition) is 1. The van der Waals surface area contributed by atoms with Gasteiger partial charge in [-0.1, -0.05) is 23.7 Å². The number of ether oxygens (including phenoxy) is 1. The van der Waals surface area contributed by atoms with Crippen LogP contribution < -0.4 is 4.74 Å². The van der Waals surface area contributed by atoms with E-state index >= 15 is 0 Å². The van der Waals surface area contributed by atoms with E-state index in [0.717, 1.165) is 0 Å². The average molecular weight is 285 g/mol. The molecule has 0 unspecified atom stereocenters. The second kappa shape index (κ2) is 5.55. The van der Waals surface area contributed by atoms with E-state index in [9.17, 15) is 13.9 Å². The first-order chi connectivity index (χ1) is 9.00. The number of aliphatic hydroxyl groups is 1. The Kier molecular flexibility index (Phi) is 4.02. The molecule has 2 nitrogen and oxygen atoms in total. The first-order valence-electron chi connectivity index (χ1n) is 5.59. The minimum atomic E-state index is -1.07. The summed E-state index contributed by atoms with van der Waals surface area (Å²) in [7, 11) is 0. The van der Waals surface area contributed by atoms with Gasteiger partial charge in [-0.05, 0) is 31.2 Å². The molecule has 0 radical (unpaired) electrons. The Morgan fingerprint density at radius 1 is 1.11 bits per heavy atom. The molecular formula is C14H11ClF2O2. The first-order valence-corrected chi connectivity index (χ1v) is 5.97. The van der Waals surface area contributed by atoms with Crippen molar-refractivity contribution in [3.05, 3.63) is 58.6 Å². The van der Waals surface area contributed by atoms with Crippen molar-refractivity contribution in [2.75, 3.05) is 0 Å². The molecule has 0 amide bonds. The summed E-state index contributed by atoms with van der Waals surface area (Å²) in [6, 6.07) is 8.33. The number of hydrogen-bond acceptors (Lipinski definition) is 2. The van der Waals surface area contributed by atoms with Gasteiger partial charge in [0.15, 0.2) is 11.6 Å². The van der Waals surface area contributed by atoms with Gasteiger partial charge < -0.3 is 9.84 Å². The SMILES string of the molecule is C[C@H](O)c1c(F)cccc1Oc1cccc(Cl)c1F. The molecule has 2 rings (SSSR count). The molecule has 2 aromatic carbocycles. The zero-order valence-electron chi connectivity index (χ0n) is 10.0. The number of rotatable bonds is 3. The fraction of sp³-hybridized carbons (Fsp3) is 0.143. The normalized spacial score (nSPS) is 12.3. The summed E-state index contributed by atoms with van der Waals surface area (Å²) in [5.74, 6) is -1.42. The Balaban J connectivity index is 2.44.